The van der Waals surface area contributed by atoms with E-state index < -0.39 is 17.0 Å². The van der Waals surface area contributed by atoms with Crippen LogP contribution in [0.15, 0.2) is 70.5 Å². The summed E-state index contributed by atoms with van der Waals surface area (Å²) in [6, 6.07) is 14.1. The monoisotopic (exact) mass is 399 g/mol. The van der Waals surface area contributed by atoms with Gasteiger partial charge in [-0.2, -0.15) is 0 Å². The molecule has 0 fully saturated rings. The van der Waals surface area contributed by atoms with Crippen molar-refractivity contribution in [3.8, 4) is 5.75 Å². The molecule has 1 aromatic heterocycles. The Bertz CT molecular complexity index is 1110. The highest BCUT2D eigenvalue weighted by molar-refractivity contribution is 6.31. The maximum absolute atomic E-state index is 12.3. The molecule has 1 heterocycles. The van der Waals surface area contributed by atoms with Gasteiger partial charge in [-0.3, -0.25) is 19.0 Å². The van der Waals surface area contributed by atoms with Crippen LogP contribution < -0.4 is 21.2 Å². The summed E-state index contributed by atoms with van der Waals surface area (Å²) < 4.78 is 7.55. The number of hydrogen-bond acceptors (Lipinski definition) is 4. The van der Waals surface area contributed by atoms with Crippen LogP contribution in [0.2, 0.25) is 5.02 Å². The average Bonchev–Trinajstić information content (AvgIpc) is 2.69. The van der Waals surface area contributed by atoms with Gasteiger partial charge >= 0.3 is 11.1 Å². The van der Waals surface area contributed by atoms with Crippen LogP contribution in [0.25, 0.3) is 0 Å². The first kappa shape index (κ1) is 19.4. The molecular weight excluding hydrogens is 382 g/mol. The Kier molecular flexibility index (Phi) is 5.96. The van der Waals surface area contributed by atoms with Crippen LogP contribution in [0.3, 0.4) is 0 Å². The number of nitrogens with one attached hydrogen (secondary N) is 1. The van der Waals surface area contributed by atoms with Gasteiger partial charge < -0.3 is 14.6 Å². The number of benzene rings is 2. The second-order valence-corrected chi connectivity index (χ2v) is 6.48. The summed E-state index contributed by atoms with van der Waals surface area (Å²) in [5, 5.41) is 3.06. The number of carbonyl (C=O) groups excluding carboxylic acids is 1. The maximum Gasteiger partial charge on any atom is 0.316 e. The Morgan fingerprint density at radius 1 is 1.04 bits per heavy atom. The number of anilines is 1. The van der Waals surface area contributed by atoms with Gasteiger partial charge in [0.15, 0.2) is 0 Å². The predicted octanol–water partition coefficient (Wildman–Crippen LogP) is 2.36. The second-order valence-electron chi connectivity index (χ2n) is 6.04. The Morgan fingerprint density at radius 2 is 1.71 bits per heavy atom. The Morgan fingerprint density at radius 3 is 2.43 bits per heavy atom. The van der Waals surface area contributed by atoms with Crippen LogP contribution in [0.4, 0.5) is 5.69 Å². The highest BCUT2D eigenvalue weighted by Gasteiger charge is 2.12. The fraction of sp³-hybridized carbons (Fsp3) is 0.150. The summed E-state index contributed by atoms with van der Waals surface area (Å²) in [4.78, 5) is 37.0. The van der Waals surface area contributed by atoms with Gasteiger partial charge in [0.2, 0.25) is 5.91 Å². The summed E-state index contributed by atoms with van der Waals surface area (Å²) in [7, 11) is 1.47. The van der Waals surface area contributed by atoms with Gasteiger partial charge in [0.1, 0.15) is 12.3 Å². The minimum atomic E-state index is -0.772. The van der Waals surface area contributed by atoms with Gasteiger partial charge in [-0.25, -0.2) is 0 Å². The van der Waals surface area contributed by atoms with E-state index in [1.54, 1.807) is 18.2 Å². The molecule has 1 N–H and O–H groups in total. The van der Waals surface area contributed by atoms with E-state index in [-0.39, 0.29) is 13.1 Å². The Labute approximate surface area is 165 Å². The molecule has 0 unspecified atom stereocenters. The first-order chi connectivity index (χ1) is 13.5. The van der Waals surface area contributed by atoms with Crippen molar-refractivity contribution in [3.05, 3.63) is 92.2 Å². The Balaban J connectivity index is 1.77. The van der Waals surface area contributed by atoms with Crippen molar-refractivity contribution >= 4 is 23.2 Å². The largest absolute Gasteiger partial charge is 0.495 e. The summed E-state index contributed by atoms with van der Waals surface area (Å²) >= 11 is 5.94. The average molecular weight is 400 g/mol. The van der Waals surface area contributed by atoms with Gasteiger partial charge in [0.25, 0.3) is 0 Å². The number of halogens is 1. The number of carbonyl (C=O) groups is 1. The minimum Gasteiger partial charge on any atom is -0.495 e. The molecule has 0 aliphatic rings. The lowest BCUT2D eigenvalue weighted by molar-refractivity contribution is -0.116. The van der Waals surface area contributed by atoms with Crippen molar-refractivity contribution < 1.29 is 9.53 Å². The van der Waals surface area contributed by atoms with Crippen molar-refractivity contribution in [2.45, 2.75) is 13.1 Å². The van der Waals surface area contributed by atoms with Gasteiger partial charge in [0, 0.05) is 17.4 Å². The Hall–Kier alpha value is -3.32. The molecule has 3 aromatic rings. The van der Waals surface area contributed by atoms with E-state index >= 15 is 0 Å². The van der Waals surface area contributed by atoms with Crippen LogP contribution in [0, 0.1) is 0 Å². The third-order valence-electron chi connectivity index (χ3n) is 4.08. The molecule has 0 aliphatic carbocycles. The lowest BCUT2D eigenvalue weighted by atomic mass is 10.2. The number of ether oxygens (including phenoxy) is 1. The number of amides is 1. The van der Waals surface area contributed by atoms with E-state index in [2.05, 4.69) is 5.32 Å². The zero-order valence-corrected chi connectivity index (χ0v) is 15.8. The van der Waals surface area contributed by atoms with E-state index in [0.29, 0.717) is 16.5 Å². The van der Waals surface area contributed by atoms with Crippen LogP contribution in [-0.2, 0) is 17.9 Å². The van der Waals surface area contributed by atoms with E-state index in [0.717, 1.165) is 10.1 Å². The molecule has 0 saturated carbocycles. The molecule has 0 spiro atoms. The third-order valence-corrected chi connectivity index (χ3v) is 4.31. The molecule has 0 radical (unpaired) electrons. The number of hydrogen-bond donors (Lipinski definition) is 1. The topological polar surface area (TPSA) is 82.3 Å². The van der Waals surface area contributed by atoms with Crippen LogP contribution in [0.5, 0.6) is 5.75 Å². The number of aromatic nitrogens is 2. The van der Waals surface area contributed by atoms with E-state index in [1.165, 1.54) is 24.1 Å². The van der Waals surface area contributed by atoms with Crippen molar-refractivity contribution in [2.75, 3.05) is 12.4 Å². The molecule has 7 nitrogen and oxygen atoms in total. The predicted molar refractivity (Wildman–Crippen MR) is 107 cm³/mol. The lowest BCUT2D eigenvalue weighted by Crippen LogP contribution is -2.42. The van der Waals surface area contributed by atoms with Crippen molar-refractivity contribution in [3.63, 3.8) is 0 Å². The lowest BCUT2D eigenvalue weighted by Gasteiger charge is -2.12. The summed E-state index contributed by atoms with van der Waals surface area (Å²) in [5.74, 6) is -0.0498. The smallest absolute Gasteiger partial charge is 0.316 e. The first-order valence-corrected chi connectivity index (χ1v) is 8.83. The molecular formula is C20H18ClN3O4. The van der Waals surface area contributed by atoms with E-state index in [4.69, 9.17) is 16.3 Å². The molecule has 8 heteroatoms. The van der Waals surface area contributed by atoms with Crippen molar-refractivity contribution in [1.82, 2.24) is 9.13 Å². The zero-order chi connectivity index (χ0) is 20.1. The minimum absolute atomic E-state index is 0.279. The summed E-state index contributed by atoms with van der Waals surface area (Å²) in [6.45, 7) is -0.0302. The number of rotatable bonds is 6. The van der Waals surface area contributed by atoms with E-state index in [9.17, 15) is 14.4 Å². The van der Waals surface area contributed by atoms with E-state index in [1.807, 2.05) is 30.3 Å². The number of methoxy groups -OCH3 is 1. The van der Waals surface area contributed by atoms with Crippen molar-refractivity contribution in [2.24, 2.45) is 0 Å². The van der Waals surface area contributed by atoms with Crippen LogP contribution >= 0.6 is 11.6 Å². The molecule has 0 bridgehead atoms. The summed E-state index contributed by atoms with van der Waals surface area (Å²) in [5.41, 5.74) is -0.191. The fourth-order valence-corrected chi connectivity index (χ4v) is 2.87. The first-order valence-electron chi connectivity index (χ1n) is 8.45. The number of nitrogens with zero attached hydrogens (tertiary/aromatic N) is 2. The van der Waals surface area contributed by atoms with Crippen molar-refractivity contribution in [1.29, 1.82) is 0 Å². The molecule has 2 aromatic carbocycles. The van der Waals surface area contributed by atoms with Gasteiger partial charge in [0.05, 0.1) is 19.3 Å². The standard InChI is InChI=1S/C20H18ClN3O4/c1-28-17-8-7-15(21)11-16(17)22-18(25)13-24-10-9-23(19(26)20(24)27)12-14-5-3-2-4-6-14/h2-11H,12-13H2,1H3,(H,22,25). The van der Waals surface area contributed by atoms with Gasteiger partial charge in [-0.15, -0.1) is 0 Å². The molecule has 144 valence electrons. The molecule has 0 aliphatic heterocycles. The fourth-order valence-electron chi connectivity index (χ4n) is 2.69. The quantitative estimate of drug-likeness (QED) is 0.645. The maximum atomic E-state index is 12.3. The van der Waals surface area contributed by atoms with Crippen LogP contribution in [0.1, 0.15) is 5.56 Å². The zero-order valence-electron chi connectivity index (χ0n) is 15.1. The van der Waals surface area contributed by atoms with Gasteiger partial charge in [-0.05, 0) is 23.8 Å². The normalized spacial score (nSPS) is 10.5. The van der Waals surface area contributed by atoms with Gasteiger partial charge in [-0.1, -0.05) is 41.9 Å². The SMILES string of the molecule is COc1ccc(Cl)cc1NC(=O)Cn1ccn(Cc2ccccc2)c(=O)c1=O. The highest BCUT2D eigenvalue weighted by atomic mass is 35.5. The summed E-state index contributed by atoms with van der Waals surface area (Å²) in [6.07, 6.45) is 2.91. The molecule has 0 atom stereocenters. The highest BCUT2D eigenvalue weighted by Crippen LogP contribution is 2.27. The molecule has 0 saturated heterocycles. The molecule has 3 rings (SSSR count). The second kappa shape index (κ2) is 8.58. The molecule has 1 amide bonds. The van der Waals surface area contributed by atoms with Crippen LogP contribution in [-0.4, -0.2) is 22.2 Å². The third kappa shape index (κ3) is 4.50. The molecule has 28 heavy (non-hydrogen) atoms.